The van der Waals surface area contributed by atoms with E-state index in [9.17, 15) is 0 Å². The molecule has 1 aliphatic heterocycles. The van der Waals surface area contributed by atoms with Crippen LogP contribution in [0.25, 0.3) is 0 Å². The Kier molecular flexibility index (Phi) is 6.72. The van der Waals surface area contributed by atoms with Gasteiger partial charge < -0.3 is 5.32 Å². The Balaban J connectivity index is 0.00000180. The van der Waals surface area contributed by atoms with E-state index in [2.05, 4.69) is 17.2 Å². The lowest BCUT2D eigenvalue weighted by Gasteiger charge is -2.20. The SMILES string of the molecule is CCCON1CCN=C1Nc1c(Cl)cccc1Cl.Cl. The second-order valence-corrected chi connectivity index (χ2v) is 4.68. The molecule has 0 saturated carbocycles. The van der Waals surface area contributed by atoms with E-state index in [4.69, 9.17) is 28.0 Å². The van der Waals surface area contributed by atoms with Gasteiger partial charge in [0, 0.05) is 0 Å². The molecule has 0 aliphatic carbocycles. The Labute approximate surface area is 129 Å². The third-order valence-corrected chi connectivity index (χ3v) is 3.08. The Bertz CT molecular complexity index is 434. The van der Waals surface area contributed by atoms with Crippen LogP contribution in [0.15, 0.2) is 23.2 Å². The molecule has 1 aromatic rings. The lowest BCUT2D eigenvalue weighted by molar-refractivity contribution is -0.0907. The lowest BCUT2D eigenvalue weighted by atomic mass is 10.3. The summed E-state index contributed by atoms with van der Waals surface area (Å²) in [4.78, 5) is 9.91. The van der Waals surface area contributed by atoms with E-state index in [0.29, 0.717) is 34.8 Å². The molecule has 1 aliphatic rings. The van der Waals surface area contributed by atoms with Gasteiger partial charge in [-0.25, -0.2) is 10.1 Å². The average molecular weight is 325 g/mol. The third-order valence-electron chi connectivity index (χ3n) is 2.45. The molecule has 19 heavy (non-hydrogen) atoms. The van der Waals surface area contributed by atoms with Crippen molar-refractivity contribution < 1.29 is 4.84 Å². The number of guanidine groups is 1. The Hall–Kier alpha value is -0.680. The van der Waals surface area contributed by atoms with Gasteiger partial charge in [0.25, 0.3) is 0 Å². The van der Waals surface area contributed by atoms with Crippen molar-refractivity contribution in [1.29, 1.82) is 0 Å². The Morgan fingerprint density at radius 2 is 2.05 bits per heavy atom. The van der Waals surface area contributed by atoms with Crippen LogP contribution < -0.4 is 5.32 Å². The van der Waals surface area contributed by atoms with Gasteiger partial charge in [0.1, 0.15) is 0 Å². The number of nitrogens with zero attached hydrogens (tertiary/aromatic N) is 2. The molecule has 1 aromatic carbocycles. The van der Waals surface area contributed by atoms with Crippen LogP contribution in [0.1, 0.15) is 13.3 Å². The van der Waals surface area contributed by atoms with E-state index in [-0.39, 0.29) is 12.4 Å². The molecule has 7 heteroatoms. The third kappa shape index (κ3) is 4.14. The van der Waals surface area contributed by atoms with Gasteiger partial charge in [-0.1, -0.05) is 36.2 Å². The monoisotopic (exact) mass is 323 g/mol. The van der Waals surface area contributed by atoms with Crippen molar-refractivity contribution in [1.82, 2.24) is 5.06 Å². The summed E-state index contributed by atoms with van der Waals surface area (Å²) in [5, 5.41) is 5.99. The van der Waals surface area contributed by atoms with Gasteiger partial charge in [-0.3, -0.25) is 4.84 Å². The van der Waals surface area contributed by atoms with Crippen LogP contribution in [-0.2, 0) is 4.84 Å². The van der Waals surface area contributed by atoms with Crippen molar-refractivity contribution in [3.05, 3.63) is 28.2 Å². The molecule has 0 fully saturated rings. The molecule has 0 amide bonds. The number of anilines is 1. The second-order valence-electron chi connectivity index (χ2n) is 3.86. The molecule has 0 bridgehead atoms. The van der Waals surface area contributed by atoms with Crippen LogP contribution in [0.3, 0.4) is 0 Å². The fourth-order valence-electron chi connectivity index (χ4n) is 1.59. The van der Waals surface area contributed by atoms with Gasteiger partial charge in [-0.15, -0.1) is 12.4 Å². The normalized spacial score (nSPS) is 14.1. The number of nitrogens with one attached hydrogen (secondary N) is 1. The number of rotatable bonds is 4. The van der Waals surface area contributed by atoms with Crippen molar-refractivity contribution in [2.24, 2.45) is 4.99 Å². The van der Waals surface area contributed by atoms with Gasteiger partial charge >= 0.3 is 0 Å². The zero-order valence-corrected chi connectivity index (χ0v) is 12.9. The molecule has 0 saturated heterocycles. The molecule has 4 nitrogen and oxygen atoms in total. The van der Waals surface area contributed by atoms with Crippen molar-refractivity contribution in [2.45, 2.75) is 13.3 Å². The number of aliphatic imine (C=N–C) groups is 1. The van der Waals surface area contributed by atoms with E-state index in [1.54, 1.807) is 23.3 Å². The molecule has 0 atom stereocenters. The molecule has 0 aromatic heterocycles. The lowest BCUT2D eigenvalue weighted by Crippen LogP contribution is -2.33. The first-order valence-electron chi connectivity index (χ1n) is 5.88. The summed E-state index contributed by atoms with van der Waals surface area (Å²) in [6, 6.07) is 5.36. The van der Waals surface area contributed by atoms with E-state index >= 15 is 0 Å². The predicted molar refractivity (Wildman–Crippen MR) is 82.6 cm³/mol. The van der Waals surface area contributed by atoms with Crippen LogP contribution >= 0.6 is 35.6 Å². The molecule has 106 valence electrons. The molecule has 0 radical (unpaired) electrons. The minimum Gasteiger partial charge on any atom is -0.322 e. The largest absolute Gasteiger partial charge is 0.322 e. The maximum Gasteiger partial charge on any atom is 0.223 e. The summed E-state index contributed by atoms with van der Waals surface area (Å²) in [6.07, 6.45) is 0.955. The van der Waals surface area contributed by atoms with Crippen LogP contribution in [-0.4, -0.2) is 30.7 Å². The van der Waals surface area contributed by atoms with Gasteiger partial charge in [0.15, 0.2) is 0 Å². The number of para-hydroxylation sites is 1. The number of benzene rings is 1. The average Bonchev–Trinajstić information content (AvgIpc) is 2.79. The highest BCUT2D eigenvalue weighted by Gasteiger charge is 2.19. The molecule has 0 spiro atoms. The quantitative estimate of drug-likeness (QED) is 0.914. The summed E-state index contributed by atoms with van der Waals surface area (Å²) in [6.45, 7) is 4.17. The summed E-state index contributed by atoms with van der Waals surface area (Å²) in [7, 11) is 0. The van der Waals surface area contributed by atoms with Crippen molar-refractivity contribution in [3.63, 3.8) is 0 Å². The standard InChI is InChI=1S/C12H15Cl2N3O.ClH/c1-2-8-18-17-7-6-15-12(17)16-11-9(13)4-3-5-10(11)14;/h3-5H,2,6-8H2,1H3,(H,15,16);1H. The first-order valence-corrected chi connectivity index (χ1v) is 6.64. The van der Waals surface area contributed by atoms with Gasteiger partial charge in [0.05, 0.1) is 35.4 Å². The molecule has 1 N–H and O–H groups in total. The Morgan fingerprint density at radius 3 is 2.68 bits per heavy atom. The van der Waals surface area contributed by atoms with E-state index in [1.165, 1.54) is 0 Å². The molecular formula is C12H16Cl3N3O. The highest BCUT2D eigenvalue weighted by atomic mass is 35.5. The van der Waals surface area contributed by atoms with Gasteiger partial charge in [-0.2, -0.15) is 0 Å². The second kappa shape index (κ2) is 7.80. The van der Waals surface area contributed by atoms with Crippen molar-refractivity contribution in [3.8, 4) is 0 Å². The van der Waals surface area contributed by atoms with E-state index in [1.807, 2.05) is 0 Å². The number of hydrogen-bond acceptors (Lipinski definition) is 4. The highest BCUT2D eigenvalue weighted by Crippen LogP contribution is 2.30. The minimum atomic E-state index is 0. The molecular weight excluding hydrogens is 309 g/mol. The maximum atomic E-state index is 6.10. The van der Waals surface area contributed by atoms with E-state index in [0.717, 1.165) is 13.0 Å². The first kappa shape index (κ1) is 16.4. The predicted octanol–water partition coefficient (Wildman–Crippen LogP) is 3.84. The van der Waals surface area contributed by atoms with Crippen LogP contribution in [0, 0.1) is 0 Å². The van der Waals surface area contributed by atoms with E-state index < -0.39 is 0 Å². The highest BCUT2D eigenvalue weighted by molar-refractivity contribution is 6.39. The molecule has 2 rings (SSSR count). The number of halogens is 3. The summed E-state index contributed by atoms with van der Waals surface area (Å²) >= 11 is 12.2. The first-order chi connectivity index (χ1) is 8.72. The number of hydroxylamine groups is 2. The molecule has 0 unspecified atom stereocenters. The summed E-state index contributed by atoms with van der Waals surface area (Å²) in [5.74, 6) is 0.651. The zero-order chi connectivity index (χ0) is 13.0. The van der Waals surface area contributed by atoms with Crippen molar-refractivity contribution >= 4 is 47.3 Å². The van der Waals surface area contributed by atoms with Crippen LogP contribution in [0.2, 0.25) is 10.0 Å². The number of hydrogen-bond donors (Lipinski definition) is 1. The van der Waals surface area contributed by atoms with Gasteiger partial charge in [-0.05, 0) is 18.6 Å². The van der Waals surface area contributed by atoms with Gasteiger partial charge in [0.2, 0.25) is 5.96 Å². The fourth-order valence-corrected chi connectivity index (χ4v) is 2.08. The minimum absolute atomic E-state index is 0. The summed E-state index contributed by atoms with van der Waals surface area (Å²) in [5.41, 5.74) is 0.659. The summed E-state index contributed by atoms with van der Waals surface area (Å²) < 4.78 is 0. The van der Waals surface area contributed by atoms with Crippen molar-refractivity contribution in [2.75, 3.05) is 25.0 Å². The smallest absolute Gasteiger partial charge is 0.223 e. The van der Waals surface area contributed by atoms with Crippen LogP contribution in [0.4, 0.5) is 5.69 Å². The zero-order valence-electron chi connectivity index (χ0n) is 10.5. The fraction of sp³-hybridized carbons (Fsp3) is 0.417. The topological polar surface area (TPSA) is 36.9 Å². The van der Waals surface area contributed by atoms with Crippen LogP contribution in [0.5, 0.6) is 0 Å². The molecule has 1 heterocycles. The Morgan fingerprint density at radius 1 is 1.37 bits per heavy atom. The maximum absolute atomic E-state index is 6.10.